The van der Waals surface area contributed by atoms with Gasteiger partial charge >= 0.3 is 5.97 Å². The number of methoxy groups -OCH3 is 2. The highest BCUT2D eigenvalue weighted by molar-refractivity contribution is 5.85. The molecule has 27 heavy (non-hydrogen) atoms. The summed E-state index contributed by atoms with van der Waals surface area (Å²) in [5.74, 6) is 0.348. The molecule has 1 aliphatic heterocycles. The first kappa shape index (κ1) is 21.0. The summed E-state index contributed by atoms with van der Waals surface area (Å²) in [4.78, 5) is 28.7. The molecule has 7 heteroatoms. The molecule has 2 rings (SSSR count). The van der Waals surface area contributed by atoms with Crippen LogP contribution in [0.25, 0.3) is 0 Å². The van der Waals surface area contributed by atoms with Crippen molar-refractivity contribution in [2.45, 2.75) is 26.3 Å². The van der Waals surface area contributed by atoms with Crippen LogP contribution < -0.4 is 15.0 Å². The third-order valence-corrected chi connectivity index (χ3v) is 5.14. The number of amides is 1. The van der Waals surface area contributed by atoms with Crippen LogP contribution in [0.5, 0.6) is 5.75 Å². The molecule has 0 spiro atoms. The molecule has 1 heterocycles. The minimum absolute atomic E-state index is 0.0336. The fourth-order valence-electron chi connectivity index (χ4n) is 3.19. The number of benzene rings is 1. The molecule has 150 valence electrons. The lowest BCUT2D eigenvalue weighted by Gasteiger charge is -2.36. The van der Waals surface area contributed by atoms with Gasteiger partial charge in [-0.15, -0.1) is 0 Å². The maximum atomic E-state index is 12.4. The van der Waals surface area contributed by atoms with E-state index in [2.05, 4.69) is 21.2 Å². The molecule has 0 bridgehead atoms. The summed E-state index contributed by atoms with van der Waals surface area (Å²) in [5, 5.41) is 2.84. The first-order valence-electron chi connectivity index (χ1n) is 9.47. The van der Waals surface area contributed by atoms with Crippen molar-refractivity contribution in [2.24, 2.45) is 5.92 Å². The lowest BCUT2D eigenvalue weighted by Crippen LogP contribution is -2.52. The monoisotopic (exact) mass is 377 g/mol. The zero-order valence-corrected chi connectivity index (χ0v) is 16.7. The van der Waals surface area contributed by atoms with Crippen LogP contribution in [-0.2, 0) is 14.3 Å². The maximum absolute atomic E-state index is 12.4. The van der Waals surface area contributed by atoms with E-state index in [-0.39, 0.29) is 24.3 Å². The third-order valence-electron chi connectivity index (χ3n) is 5.14. The summed E-state index contributed by atoms with van der Waals surface area (Å²) >= 11 is 0. The van der Waals surface area contributed by atoms with Crippen molar-refractivity contribution in [1.29, 1.82) is 0 Å². The van der Waals surface area contributed by atoms with E-state index in [1.54, 1.807) is 7.11 Å². The molecular formula is C20H31N3O4. The van der Waals surface area contributed by atoms with Crippen molar-refractivity contribution in [1.82, 2.24) is 10.2 Å². The molecule has 2 atom stereocenters. The number of rotatable bonds is 8. The van der Waals surface area contributed by atoms with Crippen LogP contribution in [0.2, 0.25) is 0 Å². The van der Waals surface area contributed by atoms with Crippen molar-refractivity contribution in [3.05, 3.63) is 24.3 Å². The van der Waals surface area contributed by atoms with Crippen LogP contribution in [0.15, 0.2) is 24.3 Å². The zero-order valence-electron chi connectivity index (χ0n) is 16.7. The van der Waals surface area contributed by atoms with Gasteiger partial charge in [0, 0.05) is 37.9 Å². The molecule has 1 aromatic carbocycles. The van der Waals surface area contributed by atoms with Crippen LogP contribution in [-0.4, -0.2) is 69.8 Å². The minimum atomic E-state index is -0.592. The molecule has 1 N–H and O–H groups in total. The average Bonchev–Trinajstić information content (AvgIpc) is 2.71. The van der Waals surface area contributed by atoms with E-state index in [9.17, 15) is 9.59 Å². The Bertz CT molecular complexity index is 629. The van der Waals surface area contributed by atoms with Crippen molar-refractivity contribution >= 4 is 17.6 Å². The first-order chi connectivity index (χ1) is 13.0. The van der Waals surface area contributed by atoms with E-state index in [0.29, 0.717) is 0 Å². The Balaban J connectivity index is 1.85. The van der Waals surface area contributed by atoms with Gasteiger partial charge in [0.2, 0.25) is 5.91 Å². The number of carbonyl (C=O) groups is 2. The Kier molecular flexibility index (Phi) is 7.91. The van der Waals surface area contributed by atoms with Crippen LogP contribution in [0.4, 0.5) is 5.69 Å². The standard InChI is InChI=1S/C20H31N3O4/c1-5-15(2)19(20(25)27-4)21-18(24)14-22-9-11-23(12-10-22)16-7-6-8-17(13-16)26-3/h6-8,13,15,19H,5,9-12,14H2,1-4H3,(H,21,24)/t15-,19+/m1/s1. The van der Waals surface area contributed by atoms with Crippen molar-refractivity contribution < 1.29 is 19.1 Å². The van der Waals surface area contributed by atoms with E-state index in [0.717, 1.165) is 44.0 Å². The SMILES string of the molecule is CC[C@@H](C)[C@H](NC(=O)CN1CCN(c2cccc(OC)c2)CC1)C(=O)OC. The van der Waals surface area contributed by atoms with E-state index in [1.807, 2.05) is 32.0 Å². The molecule has 0 unspecified atom stereocenters. The predicted octanol–water partition coefficient (Wildman–Crippen LogP) is 1.52. The Morgan fingerprint density at radius 3 is 2.48 bits per heavy atom. The number of anilines is 1. The molecule has 1 aliphatic rings. The van der Waals surface area contributed by atoms with E-state index < -0.39 is 6.04 Å². The summed E-state index contributed by atoms with van der Waals surface area (Å²) in [5.41, 5.74) is 1.13. The molecule has 1 aromatic rings. The summed E-state index contributed by atoms with van der Waals surface area (Å²) in [7, 11) is 3.01. The molecule has 7 nitrogen and oxygen atoms in total. The van der Waals surface area contributed by atoms with Gasteiger partial charge in [0.15, 0.2) is 0 Å². The molecule has 0 saturated carbocycles. The van der Waals surface area contributed by atoms with Gasteiger partial charge in [-0.05, 0) is 18.1 Å². The Labute approximate surface area is 161 Å². The average molecular weight is 377 g/mol. The molecule has 0 aliphatic carbocycles. The Hall–Kier alpha value is -2.28. The normalized spacial score (nSPS) is 17.1. The van der Waals surface area contributed by atoms with Crippen LogP contribution >= 0.6 is 0 Å². The minimum Gasteiger partial charge on any atom is -0.497 e. The van der Waals surface area contributed by atoms with Crippen LogP contribution in [0.3, 0.4) is 0 Å². The van der Waals surface area contributed by atoms with Crippen molar-refractivity contribution in [3.8, 4) is 5.75 Å². The molecule has 1 fully saturated rings. The van der Waals surface area contributed by atoms with Gasteiger partial charge in [-0.2, -0.15) is 0 Å². The van der Waals surface area contributed by atoms with Gasteiger partial charge in [-0.25, -0.2) is 4.79 Å². The smallest absolute Gasteiger partial charge is 0.328 e. The van der Waals surface area contributed by atoms with Crippen molar-refractivity contribution in [3.63, 3.8) is 0 Å². The van der Waals surface area contributed by atoms with Crippen LogP contribution in [0.1, 0.15) is 20.3 Å². The fraction of sp³-hybridized carbons (Fsp3) is 0.600. The summed E-state index contributed by atoms with van der Waals surface area (Å²) < 4.78 is 10.1. The number of piperazine rings is 1. The summed E-state index contributed by atoms with van der Waals surface area (Å²) in [6, 6.07) is 7.41. The lowest BCUT2D eigenvalue weighted by molar-refractivity contribution is -0.146. The van der Waals surface area contributed by atoms with Gasteiger partial charge in [-0.3, -0.25) is 9.69 Å². The molecule has 1 amide bonds. The van der Waals surface area contributed by atoms with Gasteiger partial charge in [0.1, 0.15) is 11.8 Å². The topological polar surface area (TPSA) is 71.1 Å². The maximum Gasteiger partial charge on any atom is 0.328 e. The third kappa shape index (κ3) is 5.85. The number of carbonyl (C=O) groups excluding carboxylic acids is 2. The van der Waals surface area contributed by atoms with Crippen LogP contribution in [0, 0.1) is 5.92 Å². The predicted molar refractivity (Wildman–Crippen MR) is 105 cm³/mol. The first-order valence-corrected chi connectivity index (χ1v) is 9.47. The zero-order chi connectivity index (χ0) is 19.8. The largest absolute Gasteiger partial charge is 0.497 e. The second-order valence-corrected chi connectivity index (χ2v) is 6.92. The van der Waals surface area contributed by atoms with Gasteiger partial charge < -0.3 is 19.7 Å². The number of ether oxygens (including phenoxy) is 2. The number of nitrogens with one attached hydrogen (secondary N) is 1. The highest BCUT2D eigenvalue weighted by Crippen LogP contribution is 2.22. The summed E-state index contributed by atoms with van der Waals surface area (Å²) in [6.07, 6.45) is 0.791. The number of esters is 1. The van der Waals surface area contributed by atoms with Gasteiger partial charge in [-0.1, -0.05) is 26.3 Å². The second-order valence-electron chi connectivity index (χ2n) is 6.92. The Morgan fingerprint density at radius 1 is 1.19 bits per heavy atom. The highest BCUT2D eigenvalue weighted by atomic mass is 16.5. The fourth-order valence-corrected chi connectivity index (χ4v) is 3.19. The van der Waals surface area contributed by atoms with E-state index >= 15 is 0 Å². The second kappa shape index (κ2) is 10.2. The molecule has 1 saturated heterocycles. The molecular weight excluding hydrogens is 346 g/mol. The van der Waals surface area contributed by atoms with E-state index in [4.69, 9.17) is 9.47 Å². The van der Waals surface area contributed by atoms with Gasteiger partial charge in [0.25, 0.3) is 0 Å². The Morgan fingerprint density at radius 2 is 1.89 bits per heavy atom. The number of hydrogen-bond donors (Lipinski definition) is 1. The number of nitrogens with zero attached hydrogens (tertiary/aromatic N) is 2. The highest BCUT2D eigenvalue weighted by Gasteiger charge is 2.28. The molecule has 0 radical (unpaired) electrons. The van der Waals surface area contributed by atoms with Crippen molar-refractivity contribution in [2.75, 3.05) is 51.8 Å². The van der Waals surface area contributed by atoms with E-state index in [1.165, 1.54) is 7.11 Å². The lowest BCUT2D eigenvalue weighted by atomic mass is 9.99. The summed E-state index contributed by atoms with van der Waals surface area (Å²) in [6.45, 7) is 7.47. The quantitative estimate of drug-likeness (QED) is 0.693. The van der Waals surface area contributed by atoms with Gasteiger partial charge in [0.05, 0.1) is 20.8 Å². The molecule has 0 aromatic heterocycles. The number of hydrogen-bond acceptors (Lipinski definition) is 6.